The Morgan fingerprint density at radius 2 is 2.09 bits per heavy atom. The molecule has 32 heavy (non-hydrogen) atoms. The van der Waals surface area contributed by atoms with Crippen molar-refractivity contribution in [2.24, 2.45) is 0 Å². The Hall–Kier alpha value is -2.89. The number of aliphatic hydroxyl groups excluding tert-OH is 1. The number of rotatable bonds is 7. The quantitative estimate of drug-likeness (QED) is 0.553. The zero-order valence-corrected chi connectivity index (χ0v) is 19.0. The lowest BCUT2D eigenvalue weighted by Gasteiger charge is -2.26. The molecule has 0 saturated carbocycles. The lowest BCUT2D eigenvalue weighted by molar-refractivity contribution is 0.114. The van der Waals surface area contributed by atoms with Crippen LogP contribution in [0.25, 0.3) is 0 Å². The molecule has 1 N–H and O–H groups in total. The van der Waals surface area contributed by atoms with Crippen LogP contribution in [0.1, 0.15) is 23.7 Å². The van der Waals surface area contributed by atoms with Gasteiger partial charge in [-0.05, 0) is 18.2 Å². The van der Waals surface area contributed by atoms with E-state index in [-0.39, 0.29) is 29.6 Å². The number of hydrogen-bond donors (Lipinski definition) is 1. The monoisotopic (exact) mass is 480 g/mol. The van der Waals surface area contributed by atoms with Gasteiger partial charge >= 0.3 is 0 Å². The Morgan fingerprint density at radius 3 is 2.78 bits per heavy atom. The minimum absolute atomic E-state index is 0.143. The van der Waals surface area contributed by atoms with Gasteiger partial charge in [0.15, 0.2) is 5.13 Å². The van der Waals surface area contributed by atoms with Crippen molar-refractivity contribution in [3.8, 4) is 17.2 Å². The molecule has 0 amide bonds. The number of benzene rings is 2. The number of fused-ring (bicyclic) bond motifs is 1. The van der Waals surface area contributed by atoms with Crippen LogP contribution in [0, 0.1) is 5.82 Å². The van der Waals surface area contributed by atoms with Gasteiger partial charge in [-0.1, -0.05) is 0 Å². The molecular weight excluding hydrogens is 459 g/mol. The predicted octanol–water partition coefficient (Wildman–Crippen LogP) is 3.51. The van der Waals surface area contributed by atoms with Gasteiger partial charge in [0.2, 0.25) is 0 Å². The van der Waals surface area contributed by atoms with Gasteiger partial charge in [-0.3, -0.25) is 0 Å². The summed E-state index contributed by atoms with van der Waals surface area (Å²) in [5.41, 5.74) is 0.766. The largest absolute Gasteiger partial charge is 0.497 e. The van der Waals surface area contributed by atoms with E-state index < -0.39 is 26.8 Å². The first-order valence-corrected chi connectivity index (χ1v) is 11.9. The molecule has 0 radical (unpaired) electrons. The van der Waals surface area contributed by atoms with Crippen molar-refractivity contribution in [3.63, 3.8) is 0 Å². The number of sulfonamides is 1. The zero-order valence-electron chi connectivity index (χ0n) is 17.3. The molecular formula is C21H21FN2O6S2. The van der Waals surface area contributed by atoms with Gasteiger partial charge in [-0.15, -0.1) is 11.3 Å². The Kier molecular flexibility index (Phi) is 6.22. The Labute approximate surface area is 188 Å². The maximum atomic E-state index is 15.0. The van der Waals surface area contributed by atoms with Gasteiger partial charge in [0.1, 0.15) is 28.0 Å². The number of halogens is 1. The molecule has 1 aromatic heterocycles. The SMILES string of the molecule is COc1ccc(CN(c2nccs2)S(=O)(=O)c2cc3c(cc2F)C(O)CCO3)c(OC)c1. The molecule has 11 heteroatoms. The smallest absolute Gasteiger partial charge is 0.269 e. The Bertz CT molecular complexity index is 1220. The topological polar surface area (TPSA) is 98.2 Å². The second-order valence-electron chi connectivity index (χ2n) is 6.98. The van der Waals surface area contributed by atoms with Crippen LogP contribution in [0.4, 0.5) is 9.52 Å². The van der Waals surface area contributed by atoms with Crippen LogP contribution in [0.3, 0.4) is 0 Å². The molecule has 0 fully saturated rings. The molecule has 1 atom stereocenters. The van der Waals surface area contributed by atoms with Gasteiger partial charge in [0.25, 0.3) is 10.0 Å². The van der Waals surface area contributed by atoms with E-state index in [1.165, 1.54) is 20.4 Å². The molecule has 0 bridgehead atoms. The third kappa shape index (κ3) is 4.10. The van der Waals surface area contributed by atoms with Crippen LogP contribution in [0.5, 0.6) is 17.2 Å². The van der Waals surface area contributed by atoms with Gasteiger partial charge in [-0.25, -0.2) is 22.1 Å². The van der Waals surface area contributed by atoms with Crippen LogP contribution >= 0.6 is 11.3 Å². The van der Waals surface area contributed by atoms with Gasteiger partial charge in [0, 0.05) is 41.3 Å². The van der Waals surface area contributed by atoms with Crippen molar-refractivity contribution < 1.29 is 32.1 Å². The van der Waals surface area contributed by atoms with E-state index in [0.29, 0.717) is 23.5 Å². The number of nitrogens with zero attached hydrogens (tertiary/aromatic N) is 2. The molecule has 1 unspecified atom stereocenters. The molecule has 2 aromatic carbocycles. The number of methoxy groups -OCH3 is 2. The highest BCUT2D eigenvalue weighted by Crippen LogP contribution is 2.38. The predicted molar refractivity (Wildman–Crippen MR) is 117 cm³/mol. The average molecular weight is 481 g/mol. The average Bonchev–Trinajstić information content (AvgIpc) is 3.31. The van der Waals surface area contributed by atoms with Crippen molar-refractivity contribution in [2.45, 2.75) is 24.0 Å². The summed E-state index contributed by atoms with van der Waals surface area (Å²) in [7, 11) is -1.41. The van der Waals surface area contributed by atoms with Crippen LogP contribution in [0.2, 0.25) is 0 Å². The third-order valence-electron chi connectivity index (χ3n) is 5.08. The Balaban J connectivity index is 1.80. The maximum Gasteiger partial charge on any atom is 0.269 e. The minimum atomic E-state index is -4.39. The van der Waals surface area contributed by atoms with E-state index in [1.807, 2.05) is 0 Å². The molecule has 1 aliphatic rings. The normalized spacial score (nSPS) is 15.6. The minimum Gasteiger partial charge on any atom is -0.497 e. The highest BCUT2D eigenvalue weighted by atomic mass is 32.2. The highest BCUT2D eigenvalue weighted by Gasteiger charge is 2.33. The third-order valence-corrected chi connectivity index (χ3v) is 7.74. The van der Waals surface area contributed by atoms with E-state index in [1.54, 1.807) is 23.6 Å². The first-order valence-electron chi connectivity index (χ1n) is 9.62. The molecule has 0 aliphatic carbocycles. The lowest BCUT2D eigenvalue weighted by Crippen LogP contribution is -2.31. The summed E-state index contributed by atoms with van der Waals surface area (Å²) in [4.78, 5) is 3.57. The molecule has 0 saturated heterocycles. The summed E-state index contributed by atoms with van der Waals surface area (Å²) in [6, 6.07) is 7.13. The summed E-state index contributed by atoms with van der Waals surface area (Å²) in [5, 5.41) is 11.9. The molecule has 1 aliphatic heterocycles. The number of ether oxygens (including phenoxy) is 3. The maximum absolute atomic E-state index is 15.0. The van der Waals surface area contributed by atoms with Gasteiger partial charge in [0.05, 0.1) is 33.5 Å². The number of aromatic nitrogens is 1. The van der Waals surface area contributed by atoms with E-state index in [9.17, 15) is 13.5 Å². The molecule has 0 spiro atoms. The highest BCUT2D eigenvalue weighted by molar-refractivity contribution is 7.93. The standard InChI is InChI=1S/C21H21FN2O6S2/c1-28-14-4-3-13(18(9-14)29-2)12-24(21-23-6-8-31-21)32(26,27)20-11-19-15(10-16(20)22)17(25)5-7-30-19/h3-4,6,8-11,17,25H,5,7,12H2,1-2H3. The van der Waals surface area contributed by atoms with Crippen molar-refractivity contribution in [3.05, 3.63) is 58.9 Å². The second-order valence-corrected chi connectivity index (χ2v) is 9.68. The number of hydrogen-bond acceptors (Lipinski definition) is 8. The molecule has 8 nitrogen and oxygen atoms in total. The van der Waals surface area contributed by atoms with Gasteiger partial charge < -0.3 is 19.3 Å². The zero-order chi connectivity index (χ0) is 22.9. The summed E-state index contributed by atoms with van der Waals surface area (Å²) in [6.07, 6.45) is 0.862. The van der Waals surface area contributed by atoms with Crippen LogP contribution in [-0.4, -0.2) is 39.3 Å². The molecule has 3 aromatic rings. The summed E-state index contributed by atoms with van der Waals surface area (Å²) in [5.74, 6) is 0.130. The molecule has 2 heterocycles. The van der Waals surface area contributed by atoms with Crippen molar-refractivity contribution in [1.82, 2.24) is 4.98 Å². The van der Waals surface area contributed by atoms with E-state index in [4.69, 9.17) is 14.2 Å². The molecule has 170 valence electrons. The van der Waals surface area contributed by atoms with Crippen molar-refractivity contribution in [1.29, 1.82) is 0 Å². The van der Waals surface area contributed by atoms with Crippen molar-refractivity contribution in [2.75, 3.05) is 25.1 Å². The summed E-state index contributed by atoms with van der Waals surface area (Å²) < 4.78 is 59.3. The van der Waals surface area contributed by atoms with E-state index >= 15 is 4.39 Å². The lowest BCUT2D eigenvalue weighted by atomic mass is 10.0. The van der Waals surface area contributed by atoms with E-state index in [0.717, 1.165) is 27.8 Å². The first kappa shape index (κ1) is 22.3. The fourth-order valence-electron chi connectivity index (χ4n) is 3.42. The van der Waals surface area contributed by atoms with Crippen molar-refractivity contribution >= 4 is 26.5 Å². The fraction of sp³-hybridized carbons (Fsp3) is 0.286. The Morgan fingerprint density at radius 1 is 1.28 bits per heavy atom. The second kappa shape index (κ2) is 8.93. The number of anilines is 1. The fourth-order valence-corrected chi connectivity index (χ4v) is 5.75. The number of thiazole rings is 1. The van der Waals surface area contributed by atoms with Crippen LogP contribution in [0.15, 0.2) is 46.8 Å². The van der Waals surface area contributed by atoms with Crippen LogP contribution < -0.4 is 18.5 Å². The summed E-state index contributed by atoms with van der Waals surface area (Å²) in [6.45, 7) is 0.0571. The van der Waals surface area contributed by atoms with Crippen LogP contribution in [-0.2, 0) is 16.6 Å². The summed E-state index contributed by atoms with van der Waals surface area (Å²) >= 11 is 1.10. The first-order chi connectivity index (χ1) is 15.3. The van der Waals surface area contributed by atoms with Gasteiger partial charge in [-0.2, -0.15) is 0 Å². The van der Waals surface area contributed by atoms with E-state index in [2.05, 4.69) is 4.98 Å². The number of aliphatic hydroxyl groups is 1. The molecule has 4 rings (SSSR count).